The molecule has 0 aliphatic heterocycles. The van der Waals surface area contributed by atoms with Crippen LogP contribution in [-0.4, -0.2) is 31.3 Å². The van der Waals surface area contributed by atoms with Crippen molar-refractivity contribution in [2.45, 2.75) is 19.6 Å². The minimum Gasteiger partial charge on any atom is -0.481 e. The maximum absolute atomic E-state index is 10.7. The largest absolute Gasteiger partial charge is 0.481 e. The molecule has 0 aliphatic carbocycles. The van der Waals surface area contributed by atoms with Crippen LogP contribution in [0.2, 0.25) is 10.0 Å². The first-order chi connectivity index (χ1) is 9.47. The summed E-state index contributed by atoms with van der Waals surface area (Å²) in [7, 11) is 0. The van der Waals surface area contributed by atoms with E-state index in [1.54, 1.807) is 25.1 Å². The van der Waals surface area contributed by atoms with E-state index >= 15 is 0 Å². The van der Waals surface area contributed by atoms with Crippen LogP contribution in [0.3, 0.4) is 0 Å². The predicted molar refractivity (Wildman–Crippen MR) is 71.0 cm³/mol. The van der Waals surface area contributed by atoms with Crippen LogP contribution in [0.1, 0.15) is 18.9 Å². The van der Waals surface area contributed by atoms with E-state index in [1.165, 1.54) is 0 Å². The molecule has 0 bridgehead atoms. The summed E-state index contributed by atoms with van der Waals surface area (Å²) in [4.78, 5) is 10.7. The smallest absolute Gasteiger partial charge is 0.325 e. The SMILES string of the molecule is CC(Oc1ccc(Cl)cc1Cl)c1nnnn1CC(=O)O. The third kappa shape index (κ3) is 3.37. The fourth-order valence-corrected chi connectivity index (χ4v) is 2.01. The van der Waals surface area contributed by atoms with Crippen LogP contribution in [-0.2, 0) is 11.3 Å². The third-order valence-electron chi connectivity index (χ3n) is 2.41. The Morgan fingerprint density at radius 1 is 1.50 bits per heavy atom. The average Bonchev–Trinajstić information content (AvgIpc) is 2.80. The molecule has 1 aromatic heterocycles. The van der Waals surface area contributed by atoms with E-state index in [0.29, 0.717) is 21.6 Å². The highest BCUT2D eigenvalue weighted by Gasteiger charge is 2.18. The minimum absolute atomic E-state index is 0.290. The Kier molecular flexibility index (Phi) is 4.41. The molecular formula is C11H10Cl2N4O3. The van der Waals surface area contributed by atoms with Crippen molar-refractivity contribution in [3.63, 3.8) is 0 Å². The molecule has 9 heteroatoms. The van der Waals surface area contributed by atoms with Crippen LogP contribution in [0, 0.1) is 0 Å². The third-order valence-corrected chi connectivity index (χ3v) is 2.94. The molecule has 2 aromatic rings. The van der Waals surface area contributed by atoms with E-state index in [4.69, 9.17) is 33.0 Å². The van der Waals surface area contributed by atoms with Crippen molar-refractivity contribution in [1.29, 1.82) is 0 Å². The van der Waals surface area contributed by atoms with Crippen molar-refractivity contribution in [2.75, 3.05) is 0 Å². The summed E-state index contributed by atoms with van der Waals surface area (Å²) in [6.45, 7) is 1.35. The fourth-order valence-electron chi connectivity index (χ4n) is 1.56. The topological polar surface area (TPSA) is 90.1 Å². The van der Waals surface area contributed by atoms with E-state index in [1.807, 2.05) is 0 Å². The monoisotopic (exact) mass is 316 g/mol. The van der Waals surface area contributed by atoms with Gasteiger partial charge in [-0.2, -0.15) is 0 Å². The maximum Gasteiger partial charge on any atom is 0.325 e. The van der Waals surface area contributed by atoms with Crippen LogP contribution in [0.4, 0.5) is 0 Å². The molecular weight excluding hydrogens is 307 g/mol. The number of halogens is 2. The highest BCUT2D eigenvalue weighted by Crippen LogP contribution is 2.30. The van der Waals surface area contributed by atoms with Crippen molar-refractivity contribution in [3.05, 3.63) is 34.1 Å². The number of hydrogen-bond acceptors (Lipinski definition) is 5. The van der Waals surface area contributed by atoms with E-state index in [-0.39, 0.29) is 6.54 Å². The Morgan fingerprint density at radius 3 is 2.90 bits per heavy atom. The van der Waals surface area contributed by atoms with Gasteiger partial charge < -0.3 is 9.84 Å². The lowest BCUT2D eigenvalue weighted by Gasteiger charge is -2.14. The summed E-state index contributed by atoms with van der Waals surface area (Å²) in [5, 5.41) is 20.4. The fraction of sp³-hybridized carbons (Fsp3) is 0.273. The van der Waals surface area contributed by atoms with Crippen molar-refractivity contribution in [2.24, 2.45) is 0 Å². The van der Waals surface area contributed by atoms with Crippen LogP contribution < -0.4 is 4.74 Å². The first kappa shape index (κ1) is 14.5. The number of nitrogens with zero attached hydrogens (tertiary/aromatic N) is 4. The molecule has 20 heavy (non-hydrogen) atoms. The number of carboxylic acid groups (broad SMARTS) is 1. The summed E-state index contributed by atoms with van der Waals surface area (Å²) in [6.07, 6.45) is -0.567. The summed E-state index contributed by atoms with van der Waals surface area (Å²) < 4.78 is 6.77. The van der Waals surface area contributed by atoms with Crippen LogP contribution in [0.5, 0.6) is 5.75 Å². The molecule has 1 aromatic carbocycles. The summed E-state index contributed by atoms with van der Waals surface area (Å²) >= 11 is 11.8. The standard InChI is InChI=1S/C11H10Cl2N4O3/c1-6(11-14-15-16-17(11)5-10(18)19)20-9-3-2-7(12)4-8(9)13/h2-4,6H,5H2,1H3,(H,18,19). The highest BCUT2D eigenvalue weighted by molar-refractivity contribution is 6.35. The number of tetrazole rings is 1. The van der Waals surface area contributed by atoms with Gasteiger partial charge in [-0.05, 0) is 35.5 Å². The predicted octanol–water partition coefficient (Wildman–Crippen LogP) is 2.20. The Balaban J connectivity index is 2.17. The van der Waals surface area contributed by atoms with Crippen LogP contribution in [0.25, 0.3) is 0 Å². The van der Waals surface area contributed by atoms with Crippen molar-refractivity contribution >= 4 is 29.2 Å². The highest BCUT2D eigenvalue weighted by atomic mass is 35.5. The van der Waals surface area contributed by atoms with Crippen LogP contribution >= 0.6 is 23.2 Å². The zero-order valence-corrected chi connectivity index (χ0v) is 11.8. The number of hydrogen-bond donors (Lipinski definition) is 1. The Labute approximate surface area is 124 Å². The molecule has 1 atom stereocenters. The first-order valence-electron chi connectivity index (χ1n) is 5.57. The van der Waals surface area contributed by atoms with Gasteiger partial charge >= 0.3 is 5.97 Å². The zero-order valence-electron chi connectivity index (χ0n) is 10.3. The molecule has 106 valence electrons. The second-order valence-electron chi connectivity index (χ2n) is 3.92. The molecule has 0 saturated heterocycles. The molecule has 0 aliphatic rings. The molecule has 0 spiro atoms. The lowest BCUT2D eigenvalue weighted by molar-refractivity contribution is -0.138. The Bertz CT molecular complexity index is 632. The number of benzene rings is 1. The van der Waals surface area contributed by atoms with Gasteiger partial charge in [-0.25, -0.2) is 4.68 Å². The molecule has 1 unspecified atom stereocenters. The second-order valence-corrected chi connectivity index (χ2v) is 4.77. The lowest BCUT2D eigenvalue weighted by Crippen LogP contribution is -2.17. The first-order valence-corrected chi connectivity index (χ1v) is 6.32. The molecule has 0 fully saturated rings. The van der Waals surface area contributed by atoms with Gasteiger partial charge in [-0.3, -0.25) is 4.79 Å². The van der Waals surface area contributed by atoms with E-state index < -0.39 is 12.1 Å². The number of aromatic nitrogens is 4. The zero-order chi connectivity index (χ0) is 14.7. The Morgan fingerprint density at radius 2 is 2.25 bits per heavy atom. The number of rotatable bonds is 5. The van der Waals surface area contributed by atoms with Crippen molar-refractivity contribution < 1.29 is 14.6 Å². The Hall–Kier alpha value is -1.86. The molecule has 1 heterocycles. The summed E-state index contributed by atoms with van der Waals surface area (Å²) in [5.41, 5.74) is 0. The average molecular weight is 317 g/mol. The van der Waals surface area contributed by atoms with Gasteiger partial charge in [0.2, 0.25) is 0 Å². The minimum atomic E-state index is -1.05. The lowest BCUT2D eigenvalue weighted by atomic mass is 10.3. The van der Waals surface area contributed by atoms with Crippen molar-refractivity contribution in [3.8, 4) is 5.75 Å². The molecule has 7 nitrogen and oxygen atoms in total. The second kappa shape index (κ2) is 6.06. The van der Waals surface area contributed by atoms with Gasteiger partial charge in [0.05, 0.1) is 5.02 Å². The quantitative estimate of drug-likeness (QED) is 0.909. The molecule has 2 rings (SSSR count). The van der Waals surface area contributed by atoms with Gasteiger partial charge in [-0.15, -0.1) is 5.10 Å². The van der Waals surface area contributed by atoms with Gasteiger partial charge in [-0.1, -0.05) is 23.2 Å². The summed E-state index contributed by atoms with van der Waals surface area (Å²) in [5.74, 6) is -0.345. The molecule has 0 radical (unpaired) electrons. The van der Waals surface area contributed by atoms with Crippen molar-refractivity contribution in [1.82, 2.24) is 20.2 Å². The van der Waals surface area contributed by atoms with E-state index in [2.05, 4.69) is 15.5 Å². The van der Waals surface area contributed by atoms with E-state index in [9.17, 15) is 4.79 Å². The molecule has 1 N–H and O–H groups in total. The van der Waals surface area contributed by atoms with Gasteiger partial charge in [0.1, 0.15) is 12.3 Å². The molecule has 0 amide bonds. The molecule has 0 saturated carbocycles. The number of ether oxygens (including phenoxy) is 1. The maximum atomic E-state index is 10.7. The summed E-state index contributed by atoms with van der Waals surface area (Å²) in [6, 6.07) is 4.80. The van der Waals surface area contributed by atoms with Gasteiger partial charge in [0, 0.05) is 5.02 Å². The number of carbonyl (C=O) groups is 1. The van der Waals surface area contributed by atoms with Gasteiger partial charge in [0.15, 0.2) is 11.9 Å². The van der Waals surface area contributed by atoms with E-state index in [0.717, 1.165) is 4.68 Å². The number of carboxylic acids is 1. The van der Waals surface area contributed by atoms with Gasteiger partial charge in [0.25, 0.3) is 0 Å². The normalized spacial score (nSPS) is 12.2. The number of aliphatic carboxylic acids is 1. The van der Waals surface area contributed by atoms with Crippen LogP contribution in [0.15, 0.2) is 18.2 Å².